The highest BCUT2D eigenvalue weighted by Crippen LogP contribution is 2.32. The molecule has 9 heteroatoms. The van der Waals surface area contributed by atoms with E-state index >= 15 is 0 Å². The highest BCUT2D eigenvalue weighted by Gasteiger charge is 2.20. The van der Waals surface area contributed by atoms with E-state index in [4.69, 9.17) is 17.3 Å². The minimum Gasteiger partial charge on any atom is -0.395 e. The Morgan fingerprint density at radius 3 is 2.36 bits per heavy atom. The number of nitrogens with two attached hydrogens (primary N) is 1. The average Bonchev–Trinajstić information content (AvgIpc) is 2.49. The first-order chi connectivity index (χ1) is 11.5. The second kappa shape index (κ2) is 6.97. The van der Waals surface area contributed by atoms with E-state index in [1.165, 1.54) is 25.1 Å². The first-order valence-corrected chi connectivity index (χ1v) is 9.32. The van der Waals surface area contributed by atoms with Crippen LogP contribution < -0.4 is 10.5 Å². The van der Waals surface area contributed by atoms with E-state index in [0.29, 0.717) is 0 Å². The second-order valence-electron chi connectivity index (χ2n) is 5.55. The molecule has 25 heavy (non-hydrogen) atoms. The Morgan fingerprint density at radius 2 is 1.84 bits per heavy atom. The van der Waals surface area contributed by atoms with Gasteiger partial charge in [-0.3, -0.25) is 9.52 Å². The Morgan fingerprint density at radius 1 is 1.20 bits per heavy atom. The molecular weight excluding hydrogens is 374 g/mol. The molecule has 1 atom stereocenters. The zero-order valence-corrected chi connectivity index (χ0v) is 14.9. The highest BCUT2D eigenvalue weighted by atomic mass is 35.5. The van der Waals surface area contributed by atoms with Gasteiger partial charge in [0.05, 0.1) is 22.9 Å². The molecule has 0 aliphatic heterocycles. The normalized spacial score (nSPS) is 12.7. The van der Waals surface area contributed by atoms with Crippen molar-refractivity contribution in [3.63, 3.8) is 0 Å². The van der Waals surface area contributed by atoms with Crippen molar-refractivity contribution in [2.45, 2.75) is 12.8 Å². The van der Waals surface area contributed by atoms with Gasteiger partial charge in [-0.05, 0) is 36.2 Å². The van der Waals surface area contributed by atoms with E-state index in [2.05, 4.69) is 0 Å². The Bertz CT molecular complexity index is 925. The Hall–Kier alpha value is -2.19. The summed E-state index contributed by atoms with van der Waals surface area (Å²) in [5.74, 6) is -3.16. The largest absolute Gasteiger partial charge is 0.395 e. The number of nitrogen functional groups attached to an aromatic ring is 1. The fourth-order valence-corrected chi connectivity index (χ4v) is 2.95. The quantitative estimate of drug-likeness (QED) is 0.788. The van der Waals surface area contributed by atoms with Gasteiger partial charge in [0.2, 0.25) is 15.9 Å². The van der Waals surface area contributed by atoms with Gasteiger partial charge in [-0.1, -0.05) is 23.7 Å². The second-order valence-corrected chi connectivity index (χ2v) is 7.71. The summed E-state index contributed by atoms with van der Waals surface area (Å²) in [4.78, 5) is 11.9. The Balaban J connectivity index is 2.37. The molecule has 2 aromatic carbocycles. The van der Waals surface area contributed by atoms with Gasteiger partial charge >= 0.3 is 0 Å². The minimum absolute atomic E-state index is 0.0422. The van der Waals surface area contributed by atoms with Crippen molar-refractivity contribution in [3.8, 4) is 11.1 Å². The lowest BCUT2D eigenvalue weighted by Gasteiger charge is -2.13. The first-order valence-electron chi connectivity index (χ1n) is 7.05. The van der Waals surface area contributed by atoms with E-state index in [9.17, 15) is 22.0 Å². The van der Waals surface area contributed by atoms with Gasteiger partial charge in [0.1, 0.15) is 11.6 Å². The standard InChI is InChI=1S/C16H15ClF2N2O3S/c1-8(16(22)21-25(2,23)24)9-3-4-11(13(18)6-9)10-5-12(17)15(20)14(19)7-10/h3-8H,20H2,1-2H3,(H,21,22). The molecule has 0 aliphatic rings. The monoisotopic (exact) mass is 388 g/mol. The maximum atomic E-state index is 14.4. The van der Waals surface area contributed by atoms with E-state index < -0.39 is 33.5 Å². The van der Waals surface area contributed by atoms with Crippen LogP contribution in [0, 0.1) is 11.6 Å². The highest BCUT2D eigenvalue weighted by molar-refractivity contribution is 7.89. The van der Waals surface area contributed by atoms with E-state index in [0.717, 1.165) is 18.4 Å². The lowest BCUT2D eigenvalue weighted by atomic mass is 9.96. The minimum atomic E-state index is -3.71. The number of sulfonamides is 1. The molecule has 2 aromatic rings. The maximum absolute atomic E-state index is 14.4. The molecule has 0 aromatic heterocycles. The fourth-order valence-electron chi connectivity index (χ4n) is 2.20. The zero-order valence-electron chi connectivity index (χ0n) is 13.3. The number of halogens is 3. The van der Waals surface area contributed by atoms with Crippen LogP contribution in [0.25, 0.3) is 11.1 Å². The van der Waals surface area contributed by atoms with Crippen molar-refractivity contribution in [2.24, 2.45) is 0 Å². The average molecular weight is 389 g/mol. The van der Waals surface area contributed by atoms with Crippen molar-refractivity contribution < 1.29 is 22.0 Å². The molecule has 0 heterocycles. The topological polar surface area (TPSA) is 89.3 Å². The van der Waals surface area contributed by atoms with Crippen LogP contribution in [0.4, 0.5) is 14.5 Å². The summed E-state index contributed by atoms with van der Waals surface area (Å²) >= 11 is 5.81. The molecule has 134 valence electrons. The first kappa shape index (κ1) is 19.1. The molecular formula is C16H15ClF2N2O3S. The number of nitrogens with one attached hydrogen (secondary N) is 1. The van der Waals surface area contributed by atoms with Crippen LogP contribution in [0.1, 0.15) is 18.4 Å². The lowest BCUT2D eigenvalue weighted by molar-refractivity contribution is -0.120. The van der Waals surface area contributed by atoms with E-state index in [-0.39, 0.29) is 27.4 Å². The third-order valence-electron chi connectivity index (χ3n) is 3.56. The van der Waals surface area contributed by atoms with Gasteiger partial charge in [-0.2, -0.15) is 0 Å². The predicted molar refractivity (Wildman–Crippen MR) is 92.6 cm³/mol. The van der Waals surface area contributed by atoms with Crippen molar-refractivity contribution >= 4 is 33.2 Å². The third-order valence-corrected chi connectivity index (χ3v) is 4.45. The summed E-state index contributed by atoms with van der Waals surface area (Å²) in [5, 5.41) is -0.0422. The van der Waals surface area contributed by atoms with Gasteiger partial charge < -0.3 is 5.73 Å². The summed E-state index contributed by atoms with van der Waals surface area (Å²) in [6.07, 6.45) is 0.848. The molecule has 3 N–H and O–H groups in total. The lowest BCUT2D eigenvalue weighted by Crippen LogP contribution is -2.32. The number of rotatable bonds is 4. The smallest absolute Gasteiger partial charge is 0.240 e. The number of carbonyl (C=O) groups excluding carboxylic acids is 1. The SMILES string of the molecule is CC(C(=O)NS(C)(=O)=O)c1ccc(-c2cc(F)c(N)c(Cl)c2)c(F)c1. The fraction of sp³-hybridized carbons (Fsp3) is 0.188. The van der Waals surface area contributed by atoms with Crippen molar-refractivity contribution in [1.82, 2.24) is 4.72 Å². The van der Waals surface area contributed by atoms with Crippen LogP contribution in [-0.4, -0.2) is 20.6 Å². The zero-order chi connectivity index (χ0) is 18.9. The van der Waals surface area contributed by atoms with Gasteiger partial charge in [-0.25, -0.2) is 17.2 Å². The number of anilines is 1. The Labute approximate surface area is 148 Å². The summed E-state index contributed by atoms with van der Waals surface area (Å²) in [5.41, 5.74) is 5.72. The molecule has 0 fully saturated rings. The van der Waals surface area contributed by atoms with Crippen LogP contribution in [0.3, 0.4) is 0 Å². The number of hydrogen-bond acceptors (Lipinski definition) is 4. The summed E-state index contributed by atoms with van der Waals surface area (Å²) < 4.78 is 52.2. The third kappa shape index (κ3) is 4.46. The molecule has 0 aliphatic carbocycles. The molecule has 5 nitrogen and oxygen atoms in total. The van der Waals surface area contributed by atoms with Crippen LogP contribution in [0.2, 0.25) is 5.02 Å². The maximum Gasteiger partial charge on any atom is 0.240 e. The number of carbonyl (C=O) groups is 1. The molecule has 0 radical (unpaired) electrons. The predicted octanol–water partition coefficient (Wildman–Crippen LogP) is 3.05. The molecule has 0 spiro atoms. The molecule has 1 amide bonds. The van der Waals surface area contributed by atoms with Crippen LogP contribution in [0.5, 0.6) is 0 Å². The molecule has 0 saturated carbocycles. The number of benzene rings is 2. The summed E-state index contributed by atoms with van der Waals surface area (Å²) in [6.45, 7) is 1.44. The molecule has 1 unspecified atom stereocenters. The molecule has 0 bridgehead atoms. The van der Waals surface area contributed by atoms with Crippen LogP contribution in [-0.2, 0) is 14.8 Å². The van der Waals surface area contributed by atoms with Gasteiger partial charge in [0, 0.05) is 5.56 Å². The van der Waals surface area contributed by atoms with Gasteiger partial charge in [0.25, 0.3) is 0 Å². The summed E-state index contributed by atoms with van der Waals surface area (Å²) in [6, 6.07) is 6.28. The van der Waals surface area contributed by atoms with Crippen LogP contribution >= 0.6 is 11.6 Å². The summed E-state index contributed by atoms with van der Waals surface area (Å²) in [7, 11) is -3.71. The molecule has 2 rings (SSSR count). The van der Waals surface area contributed by atoms with E-state index in [1.54, 1.807) is 0 Å². The Kier molecular flexibility index (Phi) is 5.34. The van der Waals surface area contributed by atoms with E-state index in [1.807, 2.05) is 4.72 Å². The van der Waals surface area contributed by atoms with Gasteiger partial charge in [-0.15, -0.1) is 0 Å². The van der Waals surface area contributed by atoms with Crippen molar-refractivity contribution in [3.05, 3.63) is 52.6 Å². The van der Waals surface area contributed by atoms with Crippen molar-refractivity contribution in [2.75, 3.05) is 12.0 Å². The van der Waals surface area contributed by atoms with Crippen LogP contribution in [0.15, 0.2) is 30.3 Å². The van der Waals surface area contributed by atoms with Crippen molar-refractivity contribution in [1.29, 1.82) is 0 Å². The van der Waals surface area contributed by atoms with Gasteiger partial charge in [0.15, 0.2) is 0 Å². The number of amides is 1. The number of hydrogen-bond donors (Lipinski definition) is 2. The molecule has 0 saturated heterocycles.